The monoisotopic (exact) mass is 301 g/mol. The summed E-state index contributed by atoms with van der Waals surface area (Å²) < 4.78 is 1.33. The highest BCUT2D eigenvalue weighted by Crippen LogP contribution is 2.12. The molecule has 0 aromatic rings. The lowest BCUT2D eigenvalue weighted by Crippen LogP contribution is -2.48. The van der Waals surface area contributed by atoms with Crippen molar-refractivity contribution in [1.82, 2.24) is 0 Å². The van der Waals surface area contributed by atoms with Gasteiger partial charge in [0.15, 0.2) is 0 Å². The van der Waals surface area contributed by atoms with Crippen LogP contribution in [0, 0.1) is 0 Å². The molecule has 0 aliphatic rings. The van der Waals surface area contributed by atoms with E-state index in [1.165, 1.54) is 82.0 Å². The van der Waals surface area contributed by atoms with E-state index < -0.39 is 5.97 Å². The molecule has 0 spiro atoms. The van der Waals surface area contributed by atoms with E-state index in [1.807, 2.05) is 0 Å². The first kappa shape index (κ1) is 22.7. The third-order valence-electron chi connectivity index (χ3n) is 4.50. The number of quaternary nitrogens is 1. The van der Waals surface area contributed by atoms with Gasteiger partial charge in [0.25, 0.3) is 0 Å². The second kappa shape index (κ2) is 15.8. The molecule has 0 aliphatic heterocycles. The number of hydrogen-bond donors (Lipinski definition) is 0. The Morgan fingerprint density at radius 3 is 1.43 bits per heavy atom. The maximum absolute atomic E-state index is 8.89. The summed E-state index contributed by atoms with van der Waals surface area (Å²) in [5, 5.41) is 8.89. The smallest absolute Gasteiger partial charge is 0.0786 e. The SMILES string of the molecule is CC(=O)[O-].CCCCCCCCCC[N+](CC)(CC)CC. The number of rotatable bonds is 12. The van der Waals surface area contributed by atoms with Crippen molar-refractivity contribution in [1.29, 1.82) is 0 Å². The van der Waals surface area contributed by atoms with E-state index in [1.54, 1.807) is 0 Å². The van der Waals surface area contributed by atoms with Gasteiger partial charge in [-0.3, -0.25) is 0 Å². The molecule has 0 heterocycles. The van der Waals surface area contributed by atoms with Crippen LogP contribution < -0.4 is 5.11 Å². The van der Waals surface area contributed by atoms with E-state index in [0.29, 0.717) is 0 Å². The van der Waals surface area contributed by atoms with Crippen LogP contribution in [0.2, 0.25) is 0 Å². The largest absolute Gasteiger partial charge is 0.550 e. The number of carboxylic acids is 1. The van der Waals surface area contributed by atoms with Gasteiger partial charge in [-0.1, -0.05) is 45.4 Å². The molecule has 0 aliphatic carbocycles. The summed E-state index contributed by atoms with van der Waals surface area (Å²) >= 11 is 0. The third-order valence-corrected chi connectivity index (χ3v) is 4.50. The number of carbonyl (C=O) groups is 1. The van der Waals surface area contributed by atoms with Crippen molar-refractivity contribution < 1.29 is 14.4 Å². The Bertz CT molecular complexity index is 213. The average molecular weight is 302 g/mol. The predicted molar refractivity (Wildman–Crippen MR) is 90.0 cm³/mol. The van der Waals surface area contributed by atoms with Crippen molar-refractivity contribution in [3.63, 3.8) is 0 Å². The van der Waals surface area contributed by atoms with Crippen LogP contribution in [0.25, 0.3) is 0 Å². The fourth-order valence-electron chi connectivity index (χ4n) is 2.73. The van der Waals surface area contributed by atoms with E-state index in [-0.39, 0.29) is 0 Å². The normalized spacial score (nSPS) is 10.9. The molecule has 0 radical (unpaired) electrons. The van der Waals surface area contributed by atoms with Gasteiger partial charge in [-0.15, -0.1) is 0 Å². The predicted octanol–water partition coefficient (Wildman–Crippen LogP) is 3.76. The van der Waals surface area contributed by atoms with Crippen LogP contribution in [0.3, 0.4) is 0 Å². The molecule has 3 heteroatoms. The molecule has 0 bridgehead atoms. The second-order valence-corrected chi connectivity index (χ2v) is 5.98. The number of aliphatic carboxylic acids is 1. The first-order chi connectivity index (χ1) is 9.97. The maximum atomic E-state index is 8.89. The van der Waals surface area contributed by atoms with Gasteiger partial charge in [0.1, 0.15) is 0 Å². The minimum atomic E-state index is -1.08. The fraction of sp³-hybridized carbons (Fsp3) is 0.944. The molecule has 0 aromatic carbocycles. The summed E-state index contributed by atoms with van der Waals surface area (Å²) in [6, 6.07) is 0. The van der Waals surface area contributed by atoms with Crippen LogP contribution in [-0.2, 0) is 4.79 Å². The molecule has 0 N–H and O–H groups in total. The number of nitrogens with zero attached hydrogens (tertiary/aromatic N) is 1. The first-order valence-corrected chi connectivity index (χ1v) is 9.00. The zero-order chi connectivity index (χ0) is 16.6. The molecule has 0 saturated carbocycles. The molecule has 3 nitrogen and oxygen atoms in total. The van der Waals surface area contributed by atoms with Gasteiger partial charge < -0.3 is 14.4 Å². The van der Waals surface area contributed by atoms with Crippen LogP contribution in [0.5, 0.6) is 0 Å². The summed E-state index contributed by atoms with van der Waals surface area (Å²) in [7, 11) is 0. The van der Waals surface area contributed by atoms with Crippen molar-refractivity contribution in [3.8, 4) is 0 Å². The molecule has 0 atom stereocenters. The minimum absolute atomic E-state index is 0.972. The lowest BCUT2D eigenvalue weighted by atomic mass is 10.1. The van der Waals surface area contributed by atoms with Crippen LogP contribution in [-0.4, -0.2) is 36.6 Å². The molecule has 128 valence electrons. The van der Waals surface area contributed by atoms with Gasteiger partial charge in [0, 0.05) is 5.97 Å². The highest BCUT2D eigenvalue weighted by molar-refractivity contribution is 5.60. The summed E-state index contributed by atoms with van der Waals surface area (Å²) in [6.45, 7) is 15.6. The molecular formula is C18H39NO2. The number of carbonyl (C=O) groups excluding carboxylic acids is 1. The molecule has 0 amide bonds. The summed E-state index contributed by atoms with van der Waals surface area (Å²) in [6.07, 6.45) is 11.5. The summed E-state index contributed by atoms with van der Waals surface area (Å²) in [5.74, 6) is -1.08. The van der Waals surface area contributed by atoms with Gasteiger partial charge in [0.2, 0.25) is 0 Å². The maximum Gasteiger partial charge on any atom is 0.0786 e. The van der Waals surface area contributed by atoms with Crippen molar-refractivity contribution in [2.45, 2.75) is 86.0 Å². The van der Waals surface area contributed by atoms with Gasteiger partial charge in [0.05, 0.1) is 26.2 Å². The molecule has 0 unspecified atom stereocenters. The lowest BCUT2D eigenvalue weighted by molar-refractivity contribution is -0.923. The third kappa shape index (κ3) is 15.6. The summed E-state index contributed by atoms with van der Waals surface area (Å²) in [4.78, 5) is 8.89. The molecule has 0 saturated heterocycles. The van der Waals surface area contributed by atoms with E-state index in [0.717, 1.165) is 6.92 Å². The van der Waals surface area contributed by atoms with Crippen molar-refractivity contribution >= 4 is 5.97 Å². The zero-order valence-corrected chi connectivity index (χ0v) is 15.2. The number of hydrogen-bond acceptors (Lipinski definition) is 2. The minimum Gasteiger partial charge on any atom is -0.550 e. The molecule has 0 aromatic heterocycles. The van der Waals surface area contributed by atoms with Crippen LogP contribution in [0.15, 0.2) is 0 Å². The quantitative estimate of drug-likeness (QED) is 0.407. The van der Waals surface area contributed by atoms with Crippen LogP contribution in [0.1, 0.15) is 86.0 Å². The number of carboxylic acid groups (broad SMARTS) is 1. The standard InChI is InChI=1S/C16H36N.C2H4O2/c1-5-9-10-11-12-13-14-15-16-17(6-2,7-3)8-4;1-2(3)4/h5-16H2,1-4H3;1H3,(H,3,4)/q+1;/p-1. The second-order valence-electron chi connectivity index (χ2n) is 5.98. The Morgan fingerprint density at radius 2 is 1.10 bits per heavy atom. The molecule has 21 heavy (non-hydrogen) atoms. The van der Waals surface area contributed by atoms with Crippen LogP contribution in [0.4, 0.5) is 0 Å². The van der Waals surface area contributed by atoms with Gasteiger partial charge in [-0.2, -0.15) is 0 Å². The van der Waals surface area contributed by atoms with E-state index in [4.69, 9.17) is 9.90 Å². The topological polar surface area (TPSA) is 40.1 Å². The Labute approximate surface area is 133 Å². The molecule has 0 rings (SSSR count). The Hall–Kier alpha value is -0.570. The fourth-order valence-corrected chi connectivity index (χ4v) is 2.73. The average Bonchev–Trinajstić information content (AvgIpc) is 2.46. The highest BCUT2D eigenvalue weighted by Gasteiger charge is 2.19. The van der Waals surface area contributed by atoms with E-state index in [2.05, 4.69) is 27.7 Å². The lowest BCUT2D eigenvalue weighted by Gasteiger charge is -2.35. The van der Waals surface area contributed by atoms with Gasteiger partial charge >= 0.3 is 0 Å². The number of unbranched alkanes of at least 4 members (excludes halogenated alkanes) is 7. The zero-order valence-electron chi connectivity index (χ0n) is 15.2. The van der Waals surface area contributed by atoms with Crippen LogP contribution >= 0.6 is 0 Å². The highest BCUT2D eigenvalue weighted by atomic mass is 16.4. The Morgan fingerprint density at radius 1 is 0.762 bits per heavy atom. The van der Waals surface area contributed by atoms with Crippen molar-refractivity contribution in [2.24, 2.45) is 0 Å². The van der Waals surface area contributed by atoms with Gasteiger partial charge in [-0.25, -0.2) is 0 Å². The Balaban J connectivity index is 0. The van der Waals surface area contributed by atoms with E-state index >= 15 is 0 Å². The molecular weight excluding hydrogens is 262 g/mol. The van der Waals surface area contributed by atoms with Gasteiger partial charge in [-0.05, 0) is 40.5 Å². The van der Waals surface area contributed by atoms with Crippen molar-refractivity contribution in [3.05, 3.63) is 0 Å². The Kier molecular flexibility index (Phi) is 17.1. The molecule has 0 fully saturated rings. The van der Waals surface area contributed by atoms with Crippen molar-refractivity contribution in [2.75, 3.05) is 26.2 Å². The first-order valence-electron chi connectivity index (χ1n) is 9.00. The summed E-state index contributed by atoms with van der Waals surface area (Å²) in [5.41, 5.74) is 0. The van der Waals surface area contributed by atoms with E-state index in [9.17, 15) is 0 Å².